The number of methoxy groups -OCH3 is 1. The SMILES string of the molecule is COC(=O)c1c(C)cc(OCc2cn(-c3ccc(C)cc3C)nn2)c(C)c1O. The van der Waals surface area contributed by atoms with Crippen LogP contribution in [0.15, 0.2) is 30.5 Å². The number of nitrogens with zero attached hydrogens (tertiary/aromatic N) is 3. The van der Waals surface area contributed by atoms with Crippen LogP contribution in [0.1, 0.15) is 38.3 Å². The number of rotatable bonds is 5. The van der Waals surface area contributed by atoms with E-state index in [1.807, 2.05) is 32.2 Å². The van der Waals surface area contributed by atoms with Crippen molar-refractivity contribution < 1.29 is 19.4 Å². The number of hydrogen-bond acceptors (Lipinski definition) is 6. The van der Waals surface area contributed by atoms with Crippen molar-refractivity contribution in [2.24, 2.45) is 0 Å². The second-order valence-corrected chi connectivity index (χ2v) is 6.76. The maximum Gasteiger partial charge on any atom is 0.341 e. The molecular formula is C21H23N3O4. The Morgan fingerprint density at radius 3 is 2.57 bits per heavy atom. The summed E-state index contributed by atoms with van der Waals surface area (Å²) >= 11 is 0. The molecule has 0 fully saturated rings. The van der Waals surface area contributed by atoms with Crippen LogP contribution in [-0.4, -0.2) is 33.2 Å². The zero-order chi connectivity index (χ0) is 20.4. The molecule has 28 heavy (non-hydrogen) atoms. The fourth-order valence-corrected chi connectivity index (χ4v) is 3.07. The van der Waals surface area contributed by atoms with Gasteiger partial charge < -0.3 is 14.6 Å². The summed E-state index contributed by atoms with van der Waals surface area (Å²) in [6, 6.07) is 7.82. The highest BCUT2D eigenvalue weighted by molar-refractivity contribution is 5.95. The highest BCUT2D eigenvalue weighted by Gasteiger charge is 2.20. The molecule has 1 aromatic heterocycles. The van der Waals surface area contributed by atoms with E-state index in [-0.39, 0.29) is 17.9 Å². The van der Waals surface area contributed by atoms with Gasteiger partial charge in [0.15, 0.2) is 0 Å². The number of carbonyl (C=O) groups excluding carboxylic acids is 1. The third-order valence-electron chi connectivity index (χ3n) is 4.61. The molecule has 0 aliphatic carbocycles. The zero-order valence-corrected chi connectivity index (χ0v) is 16.6. The van der Waals surface area contributed by atoms with Crippen molar-refractivity contribution in [1.29, 1.82) is 0 Å². The molecule has 0 unspecified atom stereocenters. The van der Waals surface area contributed by atoms with Crippen molar-refractivity contribution in [3.63, 3.8) is 0 Å². The fraction of sp³-hybridized carbons (Fsp3) is 0.286. The van der Waals surface area contributed by atoms with E-state index in [0.29, 0.717) is 22.6 Å². The van der Waals surface area contributed by atoms with Crippen molar-refractivity contribution in [3.05, 3.63) is 64.0 Å². The molecule has 7 heteroatoms. The van der Waals surface area contributed by atoms with Gasteiger partial charge in [-0.05, 0) is 51.0 Å². The first-order chi connectivity index (χ1) is 13.3. The Morgan fingerprint density at radius 1 is 1.14 bits per heavy atom. The third kappa shape index (κ3) is 3.69. The maximum absolute atomic E-state index is 11.8. The van der Waals surface area contributed by atoms with E-state index in [1.54, 1.807) is 24.6 Å². The number of aromatic hydroxyl groups is 1. The average Bonchev–Trinajstić information content (AvgIpc) is 3.12. The maximum atomic E-state index is 11.8. The lowest BCUT2D eigenvalue weighted by Crippen LogP contribution is -2.07. The van der Waals surface area contributed by atoms with E-state index in [0.717, 1.165) is 11.3 Å². The molecule has 7 nitrogen and oxygen atoms in total. The molecular weight excluding hydrogens is 358 g/mol. The number of aromatic nitrogens is 3. The Bertz CT molecular complexity index is 1040. The predicted octanol–water partition coefficient (Wildman–Crippen LogP) is 3.57. The van der Waals surface area contributed by atoms with Gasteiger partial charge in [-0.1, -0.05) is 22.9 Å². The van der Waals surface area contributed by atoms with Crippen LogP contribution < -0.4 is 4.74 Å². The van der Waals surface area contributed by atoms with Gasteiger partial charge in [-0.2, -0.15) is 0 Å². The topological polar surface area (TPSA) is 86.5 Å². The molecule has 0 bridgehead atoms. The first-order valence-corrected chi connectivity index (χ1v) is 8.85. The van der Waals surface area contributed by atoms with Crippen LogP contribution in [0.2, 0.25) is 0 Å². The van der Waals surface area contributed by atoms with Crippen molar-refractivity contribution in [2.75, 3.05) is 7.11 Å². The minimum absolute atomic E-state index is 0.138. The molecule has 0 spiro atoms. The van der Waals surface area contributed by atoms with E-state index in [9.17, 15) is 9.90 Å². The van der Waals surface area contributed by atoms with E-state index in [4.69, 9.17) is 9.47 Å². The number of phenolic OH excluding ortho intramolecular Hbond substituents is 1. The van der Waals surface area contributed by atoms with Crippen LogP contribution in [0.4, 0.5) is 0 Å². The normalized spacial score (nSPS) is 10.8. The van der Waals surface area contributed by atoms with E-state index in [2.05, 4.69) is 16.4 Å². The van der Waals surface area contributed by atoms with Crippen LogP contribution in [0, 0.1) is 27.7 Å². The van der Waals surface area contributed by atoms with E-state index in [1.165, 1.54) is 12.7 Å². The van der Waals surface area contributed by atoms with Crippen LogP contribution in [0.25, 0.3) is 5.69 Å². The minimum Gasteiger partial charge on any atom is -0.507 e. The summed E-state index contributed by atoms with van der Waals surface area (Å²) in [6.45, 7) is 7.65. The second kappa shape index (κ2) is 7.72. The third-order valence-corrected chi connectivity index (χ3v) is 4.61. The molecule has 1 N–H and O–H groups in total. The summed E-state index contributed by atoms with van der Waals surface area (Å²) in [6.07, 6.45) is 1.81. The molecule has 146 valence electrons. The summed E-state index contributed by atoms with van der Waals surface area (Å²) in [5.41, 5.74) is 5.08. The molecule has 0 atom stereocenters. The largest absolute Gasteiger partial charge is 0.507 e. The number of ether oxygens (including phenoxy) is 2. The molecule has 0 aliphatic heterocycles. The Hall–Kier alpha value is -3.35. The standard InChI is InChI=1S/C21H23N3O4/c1-12-6-7-17(13(2)8-12)24-10-16(22-23-24)11-28-18-9-14(3)19(21(26)27-5)20(25)15(18)4/h6-10,25H,11H2,1-5H3. The van der Waals surface area contributed by atoms with Gasteiger partial charge in [0, 0.05) is 5.56 Å². The molecule has 0 saturated heterocycles. The number of carbonyl (C=O) groups is 1. The van der Waals surface area contributed by atoms with Crippen LogP contribution in [0.5, 0.6) is 11.5 Å². The molecule has 3 rings (SSSR count). The van der Waals surface area contributed by atoms with Crippen molar-refractivity contribution in [1.82, 2.24) is 15.0 Å². The number of benzene rings is 2. The lowest BCUT2D eigenvalue weighted by atomic mass is 10.0. The van der Waals surface area contributed by atoms with Gasteiger partial charge in [0.2, 0.25) is 0 Å². The average molecular weight is 381 g/mol. The van der Waals surface area contributed by atoms with Crippen molar-refractivity contribution in [3.8, 4) is 17.2 Å². The zero-order valence-electron chi connectivity index (χ0n) is 16.6. The number of esters is 1. The number of phenols is 1. The highest BCUT2D eigenvalue weighted by atomic mass is 16.5. The summed E-state index contributed by atoms with van der Waals surface area (Å²) in [7, 11) is 1.28. The van der Waals surface area contributed by atoms with Crippen molar-refractivity contribution in [2.45, 2.75) is 34.3 Å². The molecule has 0 amide bonds. The highest BCUT2D eigenvalue weighted by Crippen LogP contribution is 2.34. The van der Waals surface area contributed by atoms with Crippen LogP contribution in [-0.2, 0) is 11.3 Å². The molecule has 2 aromatic carbocycles. The summed E-state index contributed by atoms with van der Waals surface area (Å²) < 4.78 is 12.3. The summed E-state index contributed by atoms with van der Waals surface area (Å²) in [4.78, 5) is 11.8. The number of hydrogen-bond donors (Lipinski definition) is 1. The Morgan fingerprint density at radius 2 is 1.89 bits per heavy atom. The smallest absolute Gasteiger partial charge is 0.341 e. The lowest BCUT2D eigenvalue weighted by molar-refractivity contribution is 0.0596. The minimum atomic E-state index is -0.582. The molecule has 0 radical (unpaired) electrons. The first kappa shape index (κ1) is 19.4. The van der Waals surface area contributed by atoms with Gasteiger partial charge in [-0.3, -0.25) is 0 Å². The molecule has 3 aromatic rings. The van der Waals surface area contributed by atoms with E-state index >= 15 is 0 Å². The fourth-order valence-electron chi connectivity index (χ4n) is 3.07. The van der Waals surface area contributed by atoms with Crippen LogP contribution >= 0.6 is 0 Å². The van der Waals surface area contributed by atoms with Gasteiger partial charge >= 0.3 is 5.97 Å². The monoisotopic (exact) mass is 381 g/mol. The van der Waals surface area contributed by atoms with Crippen molar-refractivity contribution >= 4 is 5.97 Å². The number of aryl methyl sites for hydroxylation is 3. The van der Waals surface area contributed by atoms with Gasteiger partial charge in [-0.15, -0.1) is 5.10 Å². The van der Waals surface area contributed by atoms with Gasteiger partial charge in [0.25, 0.3) is 0 Å². The summed E-state index contributed by atoms with van der Waals surface area (Å²) in [5, 5.41) is 18.7. The van der Waals surface area contributed by atoms with Gasteiger partial charge in [0.05, 0.1) is 19.0 Å². The first-order valence-electron chi connectivity index (χ1n) is 8.85. The van der Waals surface area contributed by atoms with Gasteiger partial charge in [-0.25, -0.2) is 9.48 Å². The Labute approximate surface area is 163 Å². The van der Waals surface area contributed by atoms with E-state index < -0.39 is 5.97 Å². The van der Waals surface area contributed by atoms with Gasteiger partial charge in [0.1, 0.15) is 29.4 Å². The van der Waals surface area contributed by atoms with Crippen LogP contribution in [0.3, 0.4) is 0 Å². The summed E-state index contributed by atoms with van der Waals surface area (Å²) in [5.74, 6) is -0.245. The quantitative estimate of drug-likeness (QED) is 0.680. The predicted molar refractivity (Wildman–Crippen MR) is 104 cm³/mol. The Kier molecular flexibility index (Phi) is 5.35. The molecule has 1 heterocycles. The molecule has 0 aliphatic rings. The Balaban J connectivity index is 1.80. The lowest BCUT2D eigenvalue weighted by Gasteiger charge is -2.14. The second-order valence-electron chi connectivity index (χ2n) is 6.76. The molecule has 0 saturated carbocycles.